The van der Waals surface area contributed by atoms with Crippen molar-refractivity contribution in [1.82, 2.24) is 0 Å². The summed E-state index contributed by atoms with van der Waals surface area (Å²) in [5.41, 5.74) is 3.86. The van der Waals surface area contributed by atoms with Crippen molar-refractivity contribution in [1.29, 1.82) is 0 Å². The van der Waals surface area contributed by atoms with Crippen molar-refractivity contribution >= 4 is 0 Å². The normalized spacial score (nSPS) is 16.8. The van der Waals surface area contributed by atoms with Crippen LogP contribution in [0.2, 0.25) is 0 Å². The fourth-order valence-electron chi connectivity index (χ4n) is 2.57. The zero-order chi connectivity index (χ0) is 13.2. The molecule has 1 aliphatic rings. The number of aryl methyl sites for hydroxylation is 1. The molecule has 98 valence electrons. The van der Waals surface area contributed by atoms with Gasteiger partial charge in [-0.05, 0) is 18.6 Å². The van der Waals surface area contributed by atoms with E-state index in [1.165, 1.54) is 16.7 Å². The summed E-state index contributed by atoms with van der Waals surface area (Å²) < 4.78 is 11.4. The standard InChI is InChI=1S/C17H18O2/c1-12-6-8-13(9-7-12)10-15-11-14-4-3-5-16(18-2)17(14)19-15/h3-9,15H,10-11H2,1-2H3. The molecule has 1 atom stereocenters. The first-order chi connectivity index (χ1) is 9.26. The molecular formula is C17H18O2. The van der Waals surface area contributed by atoms with Crippen LogP contribution >= 0.6 is 0 Å². The van der Waals surface area contributed by atoms with E-state index in [4.69, 9.17) is 9.47 Å². The second kappa shape index (κ2) is 4.96. The monoisotopic (exact) mass is 254 g/mol. The lowest BCUT2D eigenvalue weighted by Crippen LogP contribution is -2.16. The minimum atomic E-state index is 0.217. The first-order valence-corrected chi connectivity index (χ1v) is 6.64. The molecule has 0 amide bonds. The quantitative estimate of drug-likeness (QED) is 0.834. The Labute approximate surface area is 114 Å². The summed E-state index contributed by atoms with van der Waals surface area (Å²) in [6.45, 7) is 2.11. The highest BCUT2D eigenvalue weighted by Crippen LogP contribution is 2.38. The van der Waals surface area contributed by atoms with Gasteiger partial charge in [-0.3, -0.25) is 0 Å². The zero-order valence-corrected chi connectivity index (χ0v) is 11.3. The highest BCUT2D eigenvalue weighted by molar-refractivity contribution is 5.49. The van der Waals surface area contributed by atoms with Gasteiger partial charge in [-0.2, -0.15) is 0 Å². The average Bonchev–Trinajstić information content (AvgIpc) is 2.83. The van der Waals surface area contributed by atoms with E-state index in [1.807, 2.05) is 12.1 Å². The summed E-state index contributed by atoms with van der Waals surface area (Å²) in [6.07, 6.45) is 2.12. The summed E-state index contributed by atoms with van der Waals surface area (Å²) >= 11 is 0. The van der Waals surface area contributed by atoms with E-state index < -0.39 is 0 Å². The second-order valence-electron chi connectivity index (χ2n) is 5.08. The number of ether oxygens (including phenoxy) is 2. The van der Waals surface area contributed by atoms with Gasteiger partial charge in [-0.1, -0.05) is 42.0 Å². The molecule has 1 aliphatic heterocycles. The van der Waals surface area contributed by atoms with Crippen LogP contribution in [0.3, 0.4) is 0 Å². The van der Waals surface area contributed by atoms with Crippen LogP contribution in [0.25, 0.3) is 0 Å². The molecule has 0 aliphatic carbocycles. The van der Waals surface area contributed by atoms with Crippen LogP contribution in [0.1, 0.15) is 16.7 Å². The van der Waals surface area contributed by atoms with Gasteiger partial charge in [0.25, 0.3) is 0 Å². The number of hydrogen-bond acceptors (Lipinski definition) is 2. The van der Waals surface area contributed by atoms with E-state index in [0.717, 1.165) is 24.3 Å². The summed E-state index contributed by atoms with van der Waals surface area (Å²) in [5.74, 6) is 1.76. The molecule has 2 aromatic carbocycles. The van der Waals surface area contributed by atoms with Gasteiger partial charge in [0.1, 0.15) is 6.10 Å². The average molecular weight is 254 g/mol. The Bertz CT molecular complexity index is 572. The summed E-state index contributed by atoms with van der Waals surface area (Å²) in [6, 6.07) is 14.8. The van der Waals surface area contributed by atoms with Crippen molar-refractivity contribution in [3.8, 4) is 11.5 Å². The van der Waals surface area contributed by atoms with E-state index in [2.05, 4.69) is 37.3 Å². The first kappa shape index (κ1) is 12.1. The molecule has 0 spiro atoms. The van der Waals surface area contributed by atoms with Crippen LogP contribution in [0, 0.1) is 6.92 Å². The Hall–Kier alpha value is -1.96. The molecule has 2 aromatic rings. The molecule has 0 bridgehead atoms. The highest BCUT2D eigenvalue weighted by Gasteiger charge is 2.25. The molecule has 0 saturated heterocycles. The smallest absolute Gasteiger partial charge is 0.164 e. The Morgan fingerprint density at radius 1 is 1.16 bits per heavy atom. The van der Waals surface area contributed by atoms with Gasteiger partial charge in [0, 0.05) is 18.4 Å². The van der Waals surface area contributed by atoms with Gasteiger partial charge >= 0.3 is 0 Å². The van der Waals surface area contributed by atoms with Gasteiger partial charge in [-0.25, -0.2) is 0 Å². The number of para-hydroxylation sites is 1. The Balaban J connectivity index is 1.75. The lowest BCUT2D eigenvalue weighted by atomic mass is 10.0. The predicted octanol–water partition coefficient (Wildman–Crippen LogP) is 3.55. The van der Waals surface area contributed by atoms with Crippen molar-refractivity contribution in [3.63, 3.8) is 0 Å². The summed E-state index contributed by atoms with van der Waals surface area (Å²) in [5, 5.41) is 0. The maximum absolute atomic E-state index is 6.04. The zero-order valence-electron chi connectivity index (χ0n) is 11.3. The fourth-order valence-corrected chi connectivity index (χ4v) is 2.57. The molecule has 3 rings (SSSR count). The number of benzene rings is 2. The van der Waals surface area contributed by atoms with E-state index in [0.29, 0.717) is 0 Å². The maximum Gasteiger partial charge on any atom is 0.164 e. The molecule has 0 N–H and O–H groups in total. The molecule has 2 heteroatoms. The lowest BCUT2D eigenvalue weighted by molar-refractivity contribution is 0.224. The molecule has 0 fully saturated rings. The van der Waals surface area contributed by atoms with Gasteiger partial charge in [-0.15, -0.1) is 0 Å². The molecule has 2 nitrogen and oxygen atoms in total. The Morgan fingerprint density at radius 3 is 2.68 bits per heavy atom. The van der Waals surface area contributed by atoms with Gasteiger partial charge in [0.15, 0.2) is 11.5 Å². The predicted molar refractivity (Wildman–Crippen MR) is 76.0 cm³/mol. The van der Waals surface area contributed by atoms with Gasteiger partial charge in [0.2, 0.25) is 0 Å². The van der Waals surface area contributed by atoms with Crippen LogP contribution < -0.4 is 9.47 Å². The number of methoxy groups -OCH3 is 1. The van der Waals surface area contributed by atoms with Crippen molar-refractivity contribution in [3.05, 3.63) is 59.2 Å². The Morgan fingerprint density at radius 2 is 1.95 bits per heavy atom. The van der Waals surface area contributed by atoms with Crippen LogP contribution in [0.4, 0.5) is 0 Å². The van der Waals surface area contributed by atoms with Crippen LogP contribution in [-0.4, -0.2) is 13.2 Å². The fraction of sp³-hybridized carbons (Fsp3) is 0.294. The third kappa shape index (κ3) is 2.43. The lowest BCUT2D eigenvalue weighted by Gasteiger charge is -2.12. The molecule has 0 aromatic heterocycles. The molecule has 1 heterocycles. The summed E-state index contributed by atoms with van der Waals surface area (Å²) in [4.78, 5) is 0. The highest BCUT2D eigenvalue weighted by atomic mass is 16.5. The minimum absolute atomic E-state index is 0.217. The SMILES string of the molecule is COc1cccc2c1OC(Cc1ccc(C)cc1)C2. The second-order valence-corrected chi connectivity index (χ2v) is 5.08. The summed E-state index contributed by atoms with van der Waals surface area (Å²) in [7, 11) is 1.69. The van der Waals surface area contributed by atoms with Crippen molar-refractivity contribution in [2.24, 2.45) is 0 Å². The topological polar surface area (TPSA) is 18.5 Å². The van der Waals surface area contributed by atoms with E-state index in [-0.39, 0.29) is 6.10 Å². The third-order valence-electron chi connectivity index (χ3n) is 3.60. The van der Waals surface area contributed by atoms with Gasteiger partial charge in [0.05, 0.1) is 7.11 Å². The van der Waals surface area contributed by atoms with Crippen LogP contribution in [-0.2, 0) is 12.8 Å². The van der Waals surface area contributed by atoms with Crippen molar-refractivity contribution in [2.75, 3.05) is 7.11 Å². The molecule has 0 radical (unpaired) electrons. The molecular weight excluding hydrogens is 236 g/mol. The van der Waals surface area contributed by atoms with E-state index >= 15 is 0 Å². The van der Waals surface area contributed by atoms with E-state index in [1.54, 1.807) is 7.11 Å². The first-order valence-electron chi connectivity index (χ1n) is 6.64. The van der Waals surface area contributed by atoms with Crippen molar-refractivity contribution < 1.29 is 9.47 Å². The molecule has 19 heavy (non-hydrogen) atoms. The van der Waals surface area contributed by atoms with E-state index in [9.17, 15) is 0 Å². The van der Waals surface area contributed by atoms with Gasteiger partial charge < -0.3 is 9.47 Å². The maximum atomic E-state index is 6.04. The number of hydrogen-bond donors (Lipinski definition) is 0. The largest absolute Gasteiger partial charge is 0.493 e. The minimum Gasteiger partial charge on any atom is -0.493 e. The van der Waals surface area contributed by atoms with Crippen LogP contribution in [0.15, 0.2) is 42.5 Å². The molecule has 1 unspecified atom stereocenters. The molecule has 0 saturated carbocycles. The third-order valence-corrected chi connectivity index (χ3v) is 3.60. The van der Waals surface area contributed by atoms with Crippen LogP contribution in [0.5, 0.6) is 11.5 Å². The van der Waals surface area contributed by atoms with Crippen molar-refractivity contribution in [2.45, 2.75) is 25.9 Å². The number of fused-ring (bicyclic) bond motifs is 1. The number of rotatable bonds is 3. The Kier molecular flexibility index (Phi) is 3.16.